The number of carbonyl (C=O) groups is 2. The summed E-state index contributed by atoms with van der Waals surface area (Å²) in [6.07, 6.45) is 58.1. The van der Waals surface area contributed by atoms with Crippen molar-refractivity contribution in [1.29, 1.82) is 0 Å². The van der Waals surface area contributed by atoms with E-state index < -0.39 is 67.4 Å². The molecule has 0 spiro atoms. The highest BCUT2D eigenvalue weighted by Crippen LogP contribution is 2.26. The highest BCUT2D eigenvalue weighted by atomic mass is 16.7. The van der Waals surface area contributed by atoms with Gasteiger partial charge in [0.15, 0.2) is 12.4 Å². The fourth-order valence-corrected chi connectivity index (χ4v) is 9.62. The Labute approximate surface area is 471 Å². The highest BCUT2D eigenvalue weighted by Gasteiger charge is 2.47. The molecule has 1 amide bonds. The molecule has 0 saturated carbocycles. The fraction of sp³-hybridized carbons (Fsp3) is 0.788. The molecule has 446 valence electrons. The molecule has 0 bridgehead atoms. The third-order valence-electron chi connectivity index (χ3n) is 14.6. The van der Waals surface area contributed by atoms with E-state index in [1.165, 1.54) is 128 Å². The number of amides is 1. The van der Waals surface area contributed by atoms with E-state index in [0.717, 1.165) is 96.3 Å². The van der Waals surface area contributed by atoms with Crippen LogP contribution in [0.5, 0.6) is 0 Å². The molecule has 0 aromatic heterocycles. The van der Waals surface area contributed by atoms with Gasteiger partial charge in [-0.2, -0.15) is 0 Å². The number of rotatable bonds is 53. The van der Waals surface area contributed by atoms with Gasteiger partial charge in [0.1, 0.15) is 24.4 Å². The van der Waals surface area contributed by atoms with E-state index in [1.54, 1.807) is 6.08 Å². The SMILES string of the molecule is CC/C=C\C/C=C\C/C=C\C/C=C\C/C=C\CCCCCCCCCCCCCC(=O)OC1C(OCC(NC(=O)C(O)CCCCCCCCCCCC)C(O)/C=C/CCCCCCCCCCC)OC(CO)C(O)C1O. The summed E-state index contributed by atoms with van der Waals surface area (Å²) in [4.78, 5) is 26.5. The number of nitrogens with one attached hydrogen (secondary N) is 1. The van der Waals surface area contributed by atoms with Crippen LogP contribution in [0, 0.1) is 0 Å². The van der Waals surface area contributed by atoms with Crippen LogP contribution in [0.4, 0.5) is 0 Å². The number of hydrogen-bond acceptors (Lipinski definition) is 10. The van der Waals surface area contributed by atoms with Crippen LogP contribution in [-0.4, -0.2) is 99.6 Å². The van der Waals surface area contributed by atoms with Gasteiger partial charge in [0.25, 0.3) is 0 Å². The second-order valence-corrected chi connectivity index (χ2v) is 21.8. The Balaban J connectivity index is 2.54. The predicted molar refractivity (Wildman–Crippen MR) is 319 cm³/mol. The predicted octanol–water partition coefficient (Wildman–Crippen LogP) is 15.2. The minimum atomic E-state index is -1.61. The van der Waals surface area contributed by atoms with Crippen molar-refractivity contribution in [2.75, 3.05) is 13.2 Å². The molecule has 1 heterocycles. The Morgan fingerprint density at radius 1 is 0.519 bits per heavy atom. The lowest BCUT2D eigenvalue weighted by Crippen LogP contribution is -2.61. The number of aliphatic hydroxyl groups is 5. The number of allylic oxidation sites excluding steroid dienone is 11. The molecule has 1 saturated heterocycles. The molecule has 77 heavy (non-hydrogen) atoms. The summed E-state index contributed by atoms with van der Waals surface area (Å²) in [5.74, 6) is -1.20. The minimum absolute atomic E-state index is 0.118. The zero-order chi connectivity index (χ0) is 56.1. The third kappa shape index (κ3) is 41.7. The summed E-state index contributed by atoms with van der Waals surface area (Å²) in [5.41, 5.74) is 0. The molecule has 11 heteroatoms. The van der Waals surface area contributed by atoms with Crippen LogP contribution in [0.15, 0.2) is 72.9 Å². The van der Waals surface area contributed by atoms with Crippen LogP contribution in [0.1, 0.15) is 271 Å². The van der Waals surface area contributed by atoms with E-state index in [2.05, 4.69) is 86.8 Å². The number of carbonyl (C=O) groups excluding carboxylic acids is 2. The molecule has 8 unspecified atom stereocenters. The average Bonchev–Trinajstić information content (AvgIpc) is 3.43. The topological polar surface area (TPSA) is 175 Å². The molecule has 1 rings (SSSR count). The van der Waals surface area contributed by atoms with Crippen molar-refractivity contribution in [3.63, 3.8) is 0 Å². The van der Waals surface area contributed by atoms with E-state index in [0.29, 0.717) is 19.3 Å². The number of hydrogen-bond donors (Lipinski definition) is 6. The van der Waals surface area contributed by atoms with Crippen molar-refractivity contribution in [3.05, 3.63) is 72.9 Å². The Kier molecular flexibility index (Phi) is 50.3. The smallest absolute Gasteiger partial charge is 0.306 e. The molecule has 0 aliphatic carbocycles. The quantitative estimate of drug-likeness (QED) is 0.0195. The maximum absolute atomic E-state index is 13.3. The molecule has 0 aromatic carbocycles. The van der Waals surface area contributed by atoms with Gasteiger partial charge >= 0.3 is 5.97 Å². The molecule has 0 radical (unpaired) electrons. The van der Waals surface area contributed by atoms with Gasteiger partial charge in [-0.25, -0.2) is 0 Å². The zero-order valence-corrected chi connectivity index (χ0v) is 49.3. The van der Waals surface area contributed by atoms with Crippen molar-refractivity contribution in [1.82, 2.24) is 5.32 Å². The second-order valence-electron chi connectivity index (χ2n) is 21.8. The van der Waals surface area contributed by atoms with Crippen LogP contribution in [-0.2, 0) is 23.8 Å². The van der Waals surface area contributed by atoms with Gasteiger partial charge in [0.2, 0.25) is 5.91 Å². The first kappa shape index (κ1) is 72.1. The molecule has 1 aliphatic rings. The van der Waals surface area contributed by atoms with Crippen LogP contribution >= 0.6 is 0 Å². The number of esters is 1. The summed E-state index contributed by atoms with van der Waals surface area (Å²) in [6, 6.07) is -1.02. The van der Waals surface area contributed by atoms with Gasteiger partial charge in [0, 0.05) is 6.42 Å². The van der Waals surface area contributed by atoms with Gasteiger partial charge in [0.05, 0.1) is 25.4 Å². The highest BCUT2D eigenvalue weighted by molar-refractivity contribution is 5.80. The standard InChI is InChI=1S/C66H117NO10/c1-4-7-10-13-16-19-22-23-24-25-26-27-28-29-30-31-32-33-34-35-36-37-39-42-45-48-51-54-61(71)77-64-63(73)62(72)60(55-68)76-66(64)75-56-57(58(69)52-49-46-43-41-38-20-17-14-11-8-5-2)67-65(74)59(70)53-50-47-44-40-21-18-15-12-9-6-3/h7,10,16,19,23-24,26-27,29-30,49,52,57-60,62-64,66,68-70,72-73H,4-6,8-9,11-15,17-18,20-22,25,28,31-48,50-51,53-56H2,1-3H3,(H,67,74)/b10-7-,19-16-,24-23-,27-26-,30-29-,52-49+. The van der Waals surface area contributed by atoms with E-state index in [1.807, 2.05) is 6.08 Å². The van der Waals surface area contributed by atoms with E-state index >= 15 is 0 Å². The van der Waals surface area contributed by atoms with Gasteiger partial charge in [-0.1, -0.05) is 267 Å². The maximum atomic E-state index is 13.3. The first-order valence-corrected chi connectivity index (χ1v) is 31.7. The largest absolute Gasteiger partial charge is 0.454 e. The summed E-state index contributed by atoms with van der Waals surface area (Å²) >= 11 is 0. The fourth-order valence-electron chi connectivity index (χ4n) is 9.62. The number of ether oxygens (including phenoxy) is 3. The first-order valence-electron chi connectivity index (χ1n) is 31.7. The van der Waals surface area contributed by atoms with E-state index in [4.69, 9.17) is 14.2 Å². The van der Waals surface area contributed by atoms with Gasteiger partial charge in [-0.3, -0.25) is 9.59 Å². The van der Waals surface area contributed by atoms with Gasteiger partial charge in [-0.15, -0.1) is 0 Å². The number of aliphatic hydroxyl groups excluding tert-OH is 5. The van der Waals surface area contributed by atoms with Crippen molar-refractivity contribution in [2.24, 2.45) is 0 Å². The van der Waals surface area contributed by atoms with Crippen molar-refractivity contribution in [3.8, 4) is 0 Å². The lowest BCUT2D eigenvalue weighted by molar-refractivity contribution is -0.305. The number of unbranched alkanes of at least 4 members (excludes halogenated alkanes) is 29. The van der Waals surface area contributed by atoms with Crippen molar-refractivity contribution < 1.29 is 49.3 Å². The second kappa shape index (κ2) is 53.7. The Bertz CT molecular complexity index is 1530. The monoisotopic (exact) mass is 1080 g/mol. The average molecular weight is 1080 g/mol. The Morgan fingerprint density at radius 3 is 1.40 bits per heavy atom. The molecular formula is C66H117NO10. The van der Waals surface area contributed by atoms with Crippen LogP contribution in [0.3, 0.4) is 0 Å². The van der Waals surface area contributed by atoms with Crippen LogP contribution in [0.2, 0.25) is 0 Å². The molecule has 11 nitrogen and oxygen atoms in total. The van der Waals surface area contributed by atoms with Crippen molar-refractivity contribution in [2.45, 2.75) is 320 Å². The summed E-state index contributed by atoms with van der Waals surface area (Å²) < 4.78 is 17.6. The Morgan fingerprint density at radius 2 is 0.935 bits per heavy atom. The van der Waals surface area contributed by atoms with Gasteiger partial charge < -0.3 is 45.1 Å². The van der Waals surface area contributed by atoms with Gasteiger partial charge in [-0.05, 0) is 70.6 Å². The third-order valence-corrected chi connectivity index (χ3v) is 14.6. The van der Waals surface area contributed by atoms with E-state index in [-0.39, 0.29) is 13.0 Å². The zero-order valence-electron chi connectivity index (χ0n) is 49.3. The summed E-state index contributed by atoms with van der Waals surface area (Å²) in [7, 11) is 0. The Hall–Kier alpha value is -2.90. The summed E-state index contributed by atoms with van der Waals surface area (Å²) in [6.45, 7) is 5.65. The normalized spacial score (nSPS) is 19.5. The van der Waals surface area contributed by atoms with Crippen LogP contribution < -0.4 is 5.32 Å². The molecular weight excluding hydrogens is 967 g/mol. The molecule has 1 fully saturated rings. The van der Waals surface area contributed by atoms with E-state index in [9.17, 15) is 35.1 Å². The first-order chi connectivity index (χ1) is 37.7. The van der Waals surface area contributed by atoms with Crippen LogP contribution in [0.25, 0.3) is 0 Å². The molecule has 6 N–H and O–H groups in total. The lowest BCUT2D eigenvalue weighted by Gasteiger charge is -2.41. The molecule has 0 aromatic rings. The minimum Gasteiger partial charge on any atom is -0.454 e. The lowest BCUT2D eigenvalue weighted by atomic mass is 9.99. The summed E-state index contributed by atoms with van der Waals surface area (Å²) in [5, 5.41) is 56.8. The maximum Gasteiger partial charge on any atom is 0.306 e. The molecule has 8 atom stereocenters. The van der Waals surface area contributed by atoms with Crippen molar-refractivity contribution >= 4 is 11.9 Å². The molecule has 1 aliphatic heterocycles.